The van der Waals surface area contributed by atoms with Gasteiger partial charge in [-0.3, -0.25) is 10.1 Å². The summed E-state index contributed by atoms with van der Waals surface area (Å²) in [5, 5.41) is 11.0. The lowest BCUT2D eigenvalue weighted by Gasteiger charge is -2.08. The number of imidazole rings is 1. The molecule has 3 aromatic carbocycles. The molecule has 0 aliphatic carbocycles. The maximum absolute atomic E-state index is 12.9. The molecule has 0 unspecified atom stereocenters. The van der Waals surface area contributed by atoms with E-state index < -0.39 is 16.7 Å². The van der Waals surface area contributed by atoms with E-state index in [1.807, 2.05) is 24.3 Å². The Morgan fingerprint density at radius 2 is 1.56 bits per heavy atom. The third kappa shape index (κ3) is 4.72. The molecule has 0 spiro atoms. The maximum atomic E-state index is 12.9. The number of aromatic nitrogens is 2. The lowest BCUT2D eigenvalue weighted by Crippen LogP contribution is -2.03. The molecule has 0 saturated heterocycles. The molecule has 4 aromatic rings. The monoisotopic (exact) mass is 501 g/mol. The summed E-state index contributed by atoms with van der Waals surface area (Å²) >= 11 is 3.40. The Kier molecular flexibility index (Phi) is 5.84. The highest BCUT2D eigenvalue weighted by molar-refractivity contribution is 9.10. The van der Waals surface area contributed by atoms with Gasteiger partial charge in [0.2, 0.25) is 0 Å². The van der Waals surface area contributed by atoms with E-state index in [9.17, 15) is 23.3 Å². The molecule has 1 aromatic heterocycles. The van der Waals surface area contributed by atoms with Crippen molar-refractivity contribution >= 4 is 21.6 Å². The highest BCUT2D eigenvalue weighted by Crippen LogP contribution is 2.31. The number of alkyl halides is 3. The summed E-state index contributed by atoms with van der Waals surface area (Å²) in [4.78, 5) is 15.2. The standard InChI is InChI=1S/C23H15BrF3N3O2/c24-18-7-1-15(2-8-18)13-22-28-21(16-3-5-17(6-4-16)23(25,26)27)14-29(22)19-9-11-20(12-10-19)30(31)32/h1-12,14H,13H2. The van der Waals surface area contributed by atoms with Gasteiger partial charge in [0.05, 0.1) is 16.2 Å². The molecule has 1 heterocycles. The summed E-state index contributed by atoms with van der Waals surface area (Å²) in [6, 6.07) is 18.5. The summed E-state index contributed by atoms with van der Waals surface area (Å²) in [5.74, 6) is 0.649. The van der Waals surface area contributed by atoms with E-state index in [-0.39, 0.29) is 5.69 Å². The topological polar surface area (TPSA) is 61.0 Å². The van der Waals surface area contributed by atoms with E-state index in [0.29, 0.717) is 29.2 Å². The number of hydrogen-bond acceptors (Lipinski definition) is 3. The highest BCUT2D eigenvalue weighted by atomic mass is 79.9. The van der Waals surface area contributed by atoms with Crippen LogP contribution in [0.5, 0.6) is 0 Å². The Morgan fingerprint density at radius 1 is 0.938 bits per heavy atom. The van der Waals surface area contributed by atoms with Crippen LogP contribution in [0.15, 0.2) is 83.5 Å². The van der Waals surface area contributed by atoms with Crippen LogP contribution in [0.3, 0.4) is 0 Å². The summed E-state index contributed by atoms with van der Waals surface area (Å²) < 4.78 is 41.4. The SMILES string of the molecule is O=[N+]([O-])c1ccc(-n2cc(-c3ccc(C(F)(F)F)cc3)nc2Cc2ccc(Br)cc2)cc1. The summed E-state index contributed by atoms with van der Waals surface area (Å²) in [6.45, 7) is 0. The van der Waals surface area contributed by atoms with Gasteiger partial charge in [0.25, 0.3) is 5.69 Å². The van der Waals surface area contributed by atoms with Crippen LogP contribution >= 0.6 is 15.9 Å². The molecular weight excluding hydrogens is 487 g/mol. The highest BCUT2D eigenvalue weighted by Gasteiger charge is 2.30. The van der Waals surface area contributed by atoms with Gasteiger partial charge in [-0.1, -0.05) is 40.2 Å². The second-order valence-corrected chi connectivity index (χ2v) is 7.98. The van der Waals surface area contributed by atoms with Crippen molar-refractivity contribution in [2.75, 3.05) is 0 Å². The van der Waals surface area contributed by atoms with Gasteiger partial charge in [-0.15, -0.1) is 0 Å². The predicted molar refractivity (Wildman–Crippen MR) is 118 cm³/mol. The Morgan fingerprint density at radius 3 is 2.12 bits per heavy atom. The van der Waals surface area contributed by atoms with E-state index >= 15 is 0 Å². The second-order valence-electron chi connectivity index (χ2n) is 7.06. The summed E-state index contributed by atoms with van der Waals surface area (Å²) in [7, 11) is 0. The average Bonchev–Trinajstić information content (AvgIpc) is 3.18. The number of non-ortho nitro benzene ring substituents is 1. The molecule has 32 heavy (non-hydrogen) atoms. The third-order valence-electron chi connectivity index (χ3n) is 4.90. The normalized spacial score (nSPS) is 11.5. The Bertz CT molecular complexity index is 1250. The lowest BCUT2D eigenvalue weighted by molar-refractivity contribution is -0.384. The van der Waals surface area contributed by atoms with Crippen LogP contribution in [-0.4, -0.2) is 14.5 Å². The molecular formula is C23H15BrF3N3O2. The maximum Gasteiger partial charge on any atom is 0.416 e. The van der Waals surface area contributed by atoms with Crippen molar-refractivity contribution in [2.45, 2.75) is 12.6 Å². The first-order valence-electron chi connectivity index (χ1n) is 9.46. The number of nitro groups is 1. The van der Waals surface area contributed by atoms with Gasteiger partial charge in [0, 0.05) is 40.5 Å². The molecule has 9 heteroatoms. The van der Waals surface area contributed by atoms with Crippen molar-refractivity contribution in [1.29, 1.82) is 0 Å². The zero-order chi connectivity index (χ0) is 22.9. The van der Waals surface area contributed by atoms with Crippen molar-refractivity contribution in [2.24, 2.45) is 0 Å². The molecule has 0 N–H and O–H groups in total. The summed E-state index contributed by atoms with van der Waals surface area (Å²) in [5.41, 5.74) is 1.92. The molecule has 0 saturated carbocycles. The number of halogens is 4. The van der Waals surface area contributed by atoms with Crippen LogP contribution in [0.25, 0.3) is 16.9 Å². The first kappa shape index (κ1) is 21.8. The average molecular weight is 502 g/mol. The van der Waals surface area contributed by atoms with Crippen molar-refractivity contribution in [3.05, 3.63) is 111 Å². The first-order valence-corrected chi connectivity index (χ1v) is 10.3. The minimum atomic E-state index is -4.41. The quantitative estimate of drug-likeness (QED) is 0.222. The molecule has 162 valence electrons. The Hall–Kier alpha value is -3.46. The molecule has 5 nitrogen and oxygen atoms in total. The molecule has 0 radical (unpaired) electrons. The van der Waals surface area contributed by atoms with Crippen LogP contribution in [0.4, 0.5) is 18.9 Å². The van der Waals surface area contributed by atoms with Gasteiger partial charge in [0.15, 0.2) is 0 Å². The van der Waals surface area contributed by atoms with Crippen LogP contribution in [-0.2, 0) is 12.6 Å². The fourth-order valence-electron chi connectivity index (χ4n) is 3.26. The molecule has 0 bridgehead atoms. The molecule has 0 atom stereocenters. The molecule has 0 aliphatic heterocycles. The van der Waals surface area contributed by atoms with Gasteiger partial charge in [-0.2, -0.15) is 13.2 Å². The van der Waals surface area contributed by atoms with Crippen LogP contribution in [0.2, 0.25) is 0 Å². The van der Waals surface area contributed by atoms with Gasteiger partial charge < -0.3 is 4.57 Å². The number of nitro benzene ring substituents is 1. The fourth-order valence-corrected chi connectivity index (χ4v) is 3.52. The van der Waals surface area contributed by atoms with Crippen LogP contribution in [0, 0.1) is 10.1 Å². The molecule has 0 fully saturated rings. The number of hydrogen-bond donors (Lipinski definition) is 0. The third-order valence-corrected chi connectivity index (χ3v) is 5.43. The minimum absolute atomic E-state index is 0.0358. The fraction of sp³-hybridized carbons (Fsp3) is 0.0870. The van der Waals surface area contributed by atoms with Crippen molar-refractivity contribution in [3.8, 4) is 16.9 Å². The molecule has 0 aliphatic rings. The zero-order valence-electron chi connectivity index (χ0n) is 16.4. The van der Waals surface area contributed by atoms with Crippen LogP contribution < -0.4 is 0 Å². The first-order chi connectivity index (χ1) is 15.2. The summed E-state index contributed by atoms with van der Waals surface area (Å²) in [6.07, 6.45) is -2.23. The Labute approximate surface area is 189 Å². The van der Waals surface area contributed by atoms with Crippen molar-refractivity contribution < 1.29 is 18.1 Å². The van der Waals surface area contributed by atoms with E-state index in [1.165, 1.54) is 24.3 Å². The largest absolute Gasteiger partial charge is 0.416 e. The lowest BCUT2D eigenvalue weighted by atomic mass is 10.1. The number of rotatable bonds is 5. The Balaban J connectivity index is 1.75. The second kappa shape index (κ2) is 8.58. The van der Waals surface area contributed by atoms with Gasteiger partial charge in [-0.05, 0) is 42.0 Å². The van der Waals surface area contributed by atoms with E-state index in [0.717, 1.165) is 22.2 Å². The van der Waals surface area contributed by atoms with E-state index in [2.05, 4.69) is 20.9 Å². The molecule has 4 rings (SSSR count). The minimum Gasteiger partial charge on any atom is -0.303 e. The smallest absolute Gasteiger partial charge is 0.303 e. The van der Waals surface area contributed by atoms with Gasteiger partial charge >= 0.3 is 6.18 Å². The van der Waals surface area contributed by atoms with Gasteiger partial charge in [0.1, 0.15) is 5.82 Å². The number of benzene rings is 3. The number of nitrogens with zero attached hydrogens (tertiary/aromatic N) is 3. The van der Waals surface area contributed by atoms with E-state index in [4.69, 9.17) is 0 Å². The molecule has 0 amide bonds. The van der Waals surface area contributed by atoms with Crippen molar-refractivity contribution in [1.82, 2.24) is 9.55 Å². The predicted octanol–water partition coefficient (Wildman–Crippen LogP) is 6.82. The zero-order valence-corrected chi connectivity index (χ0v) is 18.0. The van der Waals surface area contributed by atoms with Crippen molar-refractivity contribution in [3.63, 3.8) is 0 Å². The van der Waals surface area contributed by atoms with E-state index in [1.54, 1.807) is 22.9 Å². The van der Waals surface area contributed by atoms with Crippen LogP contribution in [0.1, 0.15) is 17.0 Å². The van der Waals surface area contributed by atoms with Gasteiger partial charge in [-0.25, -0.2) is 4.98 Å².